The molecule has 3 nitrogen and oxygen atoms in total. The third-order valence-electron chi connectivity index (χ3n) is 2.46. The molecule has 0 radical (unpaired) electrons. The van der Waals surface area contributed by atoms with Gasteiger partial charge in [0.1, 0.15) is 5.84 Å². The maximum absolute atomic E-state index is 7.27. The van der Waals surface area contributed by atoms with Crippen LogP contribution in [-0.4, -0.2) is 18.9 Å². The Morgan fingerprint density at radius 2 is 2.14 bits per heavy atom. The molecule has 0 bridgehead atoms. The summed E-state index contributed by atoms with van der Waals surface area (Å²) in [5.74, 6) is 0.0575. The van der Waals surface area contributed by atoms with Gasteiger partial charge in [0.25, 0.3) is 0 Å². The molecule has 0 aromatic heterocycles. The third-order valence-corrected chi connectivity index (χ3v) is 2.76. The van der Waals surface area contributed by atoms with Gasteiger partial charge in [0, 0.05) is 18.7 Å². The van der Waals surface area contributed by atoms with Gasteiger partial charge in [-0.15, -0.1) is 0 Å². The Kier molecular flexibility index (Phi) is 2.33. The molecule has 1 saturated heterocycles. The zero-order valence-corrected chi connectivity index (χ0v) is 8.51. The second-order valence-corrected chi connectivity index (χ2v) is 3.83. The lowest BCUT2D eigenvalue weighted by atomic mass is 10.1. The minimum absolute atomic E-state index is 0.0575. The van der Waals surface area contributed by atoms with Gasteiger partial charge in [0.15, 0.2) is 0 Å². The molecule has 1 fully saturated rings. The summed E-state index contributed by atoms with van der Waals surface area (Å²) in [6.07, 6.45) is 1.23. The number of benzene rings is 1. The highest BCUT2D eigenvalue weighted by atomic mass is 35.5. The number of rotatable bonds is 2. The van der Waals surface area contributed by atoms with Crippen LogP contribution in [0.3, 0.4) is 0 Å². The Hall–Kier alpha value is -1.22. The SMILES string of the molecule is N=C(N)c1ccc(N2CCC2)c(Cl)c1. The highest BCUT2D eigenvalue weighted by Gasteiger charge is 2.17. The van der Waals surface area contributed by atoms with Gasteiger partial charge in [0.05, 0.1) is 10.7 Å². The molecular weight excluding hydrogens is 198 g/mol. The molecule has 1 aromatic carbocycles. The molecule has 1 aromatic rings. The Labute approximate surface area is 88.0 Å². The first-order valence-corrected chi connectivity index (χ1v) is 4.95. The summed E-state index contributed by atoms with van der Waals surface area (Å²) in [5.41, 5.74) is 7.09. The number of amidine groups is 1. The fraction of sp³-hybridized carbons (Fsp3) is 0.300. The van der Waals surface area contributed by atoms with Crippen molar-refractivity contribution in [3.05, 3.63) is 28.8 Å². The number of nitrogens with zero attached hydrogens (tertiary/aromatic N) is 1. The van der Waals surface area contributed by atoms with Gasteiger partial charge in [-0.05, 0) is 24.6 Å². The minimum Gasteiger partial charge on any atom is -0.384 e. The largest absolute Gasteiger partial charge is 0.384 e. The number of hydrogen-bond acceptors (Lipinski definition) is 2. The molecule has 3 N–H and O–H groups in total. The molecule has 74 valence electrons. The first kappa shape index (κ1) is 9.34. The van der Waals surface area contributed by atoms with E-state index in [1.807, 2.05) is 12.1 Å². The maximum atomic E-state index is 7.27. The zero-order valence-electron chi connectivity index (χ0n) is 7.76. The predicted octanol–water partition coefficient (Wildman–Crippen LogP) is 1.83. The molecule has 0 spiro atoms. The highest BCUT2D eigenvalue weighted by molar-refractivity contribution is 6.33. The third kappa shape index (κ3) is 1.55. The first-order chi connectivity index (χ1) is 6.68. The van der Waals surface area contributed by atoms with Gasteiger partial charge in [-0.25, -0.2) is 0 Å². The van der Waals surface area contributed by atoms with E-state index in [9.17, 15) is 0 Å². The number of nitrogens with one attached hydrogen (secondary N) is 1. The average Bonchev–Trinajstić information content (AvgIpc) is 2.04. The van der Waals surface area contributed by atoms with E-state index in [1.54, 1.807) is 6.07 Å². The number of anilines is 1. The number of nitrogen functional groups attached to an aromatic ring is 1. The predicted molar refractivity (Wildman–Crippen MR) is 59.3 cm³/mol. The summed E-state index contributed by atoms with van der Waals surface area (Å²) >= 11 is 6.09. The quantitative estimate of drug-likeness (QED) is 0.577. The molecular formula is C10H12ClN3. The lowest BCUT2D eigenvalue weighted by Crippen LogP contribution is -2.37. The average molecular weight is 210 g/mol. The summed E-state index contributed by atoms with van der Waals surface area (Å²) in [5, 5.41) is 7.95. The fourth-order valence-corrected chi connectivity index (χ4v) is 1.79. The molecule has 4 heteroatoms. The molecule has 0 aliphatic carbocycles. The molecule has 0 atom stereocenters. The van der Waals surface area contributed by atoms with E-state index in [0.717, 1.165) is 18.8 Å². The molecule has 14 heavy (non-hydrogen) atoms. The van der Waals surface area contributed by atoms with Crippen molar-refractivity contribution in [2.45, 2.75) is 6.42 Å². The van der Waals surface area contributed by atoms with Gasteiger partial charge in [-0.3, -0.25) is 5.41 Å². The van der Waals surface area contributed by atoms with Crippen molar-refractivity contribution in [2.24, 2.45) is 5.73 Å². The minimum atomic E-state index is 0.0575. The second-order valence-electron chi connectivity index (χ2n) is 3.42. The van der Waals surface area contributed by atoms with Crippen LogP contribution in [0.1, 0.15) is 12.0 Å². The molecule has 0 amide bonds. The Morgan fingerprint density at radius 1 is 1.43 bits per heavy atom. The van der Waals surface area contributed by atoms with Crippen molar-refractivity contribution >= 4 is 23.1 Å². The summed E-state index contributed by atoms with van der Waals surface area (Å²) in [6, 6.07) is 5.51. The Bertz CT molecular complexity index is 372. The second kappa shape index (κ2) is 3.50. The fourth-order valence-electron chi connectivity index (χ4n) is 1.49. The smallest absolute Gasteiger partial charge is 0.122 e. The van der Waals surface area contributed by atoms with Crippen LogP contribution in [-0.2, 0) is 0 Å². The van der Waals surface area contributed by atoms with Crippen molar-refractivity contribution in [1.82, 2.24) is 0 Å². The van der Waals surface area contributed by atoms with E-state index in [1.165, 1.54) is 6.42 Å². The van der Waals surface area contributed by atoms with E-state index >= 15 is 0 Å². The first-order valence-electron chi connectivity index (χ1n) is 4.57. The van der Waals surface area contributed by atoms with Gasteiger partial charge < -0.3 is 10.6 Å². The summed E-state index contributed by atoms with van der Waals surface area (Å²) < 4.78 is 0. The molecule has 0 unspecified atom stereocenters. The molecule has 1 aliphatic heterocycles. The van der Waals surface area contributed by atoms with Crippen molar-refractivity contribution in [2.75, 3.05) is 18.0 Å². The van der Waals surface area contributed by atoms with Crippen LogP contribution < -0.4 is 10.6 Å². The van der Waals surface area contributed by atoms with Gasteiger partial charge in [-0.1, -0.05) is 11.6 Å². The Morgan fingerprint density at radius 3 is 2.57 bits per heavy atom. The number of hydrogen-bond donors (Lipinski definition) is 2. The van der Waals surface area contributed by atoms with Crippen LogP contribution in [0.25, 0.3) is 0 Å². The molecule has 1 aliphatic rings. The van der Waals surface area contributed by atoms with Crippen molar-refractivity contribution in [1.29, 1.82) is 5.41 Å². The summed E-state index contributed by atoms with van der Waals surface area (Å²) in [7, 11) is 0. The molecule has 0 saturated carbocycles. The van der Waals surface area contributed by atoms with E-state index in [-0.39, 0.29) is 5.84 Å². The summed E-state index contributed by atoms with van der Waals surface area (Å²) in [6.45, 7) is 2.14. The maximum Gasteiger partial charge on any atom is 0.122 e. The van der Waals surface area contributed by atoms with Crippen LogP contribution in [0.2, 0.25) is 5.02 Å². The van der Waals surface area contributed by atoms with E-state index < -0.39 is 0 Å². The van der Waals surface area contributed by atoms with Gasteiger partial charge >= 0.3 is 0 Å². The van der Waals surface area contributed by atoms with Gasteiger partial charge in [0.2, 0.25) is 0 Å². The highest BCUT2D eigenvalue weighted by Crippen LogP contribution is 2.29. The van der Waals surface area contributed by atoms with Crippen LogP contribution in [0.4, 0.5) is 5.69 Å². The topological polar surface area (TPSA) is 53.1 Å². The molecule has 1 heterocycles. The lowest BCUT2D eigenvalue weighted by molar-refractivity contribution is 0.618. The zero-order chi connectivity index (χ0) is 10.1. The number of nitrogens with two attached hydrogens (primary N) is 1. The van der Waals surface area contributed by atoms with Crippen molar-refractivity contribution in [3.63, 3.8) is 0 Å². The normalized spacial score (nSPS) is 15.1. The summed E-state index contributed by atoms with van der Waals surface area (Å²) in [4.78, 5) is 2.21. The van der Waals surface area contributed by atoms with Crippen LogP contribution in [0, 0.1) is 5.41 Å². The van der Waals surface area contributed by atoms with Crippen molar-refractivity contribution < 1.29 is 0 Å². The van der Waals surface area contributed by atoms with E-state index in [2.05, 4.69) is 4.90 Å². The van der Waals surface area contributed by atoms with E-state index in [4.69, 9.17) is 22.7 Å². The van der Waals surface area contributed by atoms with E-state index in [0.29, 0.717) is 10.6 Å². The lowest BCUT2D eigenvalue weighted by Gasteiger charge is -2.33. The monoisotopic (exact) mass is 209 g/mol. The van der Waals surface area contributed by atoms with Crippen LogP contribution in [0.5, 0.6) is 0 Å². The van der Waals surface area contributed by atoms with Gasteiger partial charge in [-0.2, -0.15) is 0 Å². The van der Waals surface area contributed by atoms with Crippen molar-refractivity contribution in [3.8, 4) is 0 Å². The number of halogens is 1. The molecule has 2 rings (SSSR count). The standard InChI is InChI=1S/C10H12ClN3/c11-8-6-7(10(12)13)2-3-9(8)14-4-1-5-14/h2-3,6H,1,4-5H2,(H3,12,13). The van der Waals surface area contributed by atoms with Crippen LogP contribution >= 0.6 is 11.6 Å². The van der Waals surface area contributed by atoms with Crippen LogP contribution in [0.15, 0.2) is 18.2 Å². The Balaban J connectivity index is 2.30.